The fraction of sp³-hybridized carbons (Fsp3) is 0.346. The van der Waals surface area contributed by atoms with Crippen LogP contribution in [0.2, 0.25) is 0 Å². The van der Waals surface area contributed by atoms with Crippen LogP contribution in [-0.2, 0) is 19.3 Å². The fourth-order valence-electron chi connectivity index (χ4n) is 11.8. The van der Waals surface area contributed by atoms with Gasteiger partial charge in [-0.25, -0.2) is 0 Å². The van der Waals surface area contributed by atoms with Gasteiger partial charge in [0.05, 0.1) is 40.6 Å². The molecule has 3 aliphatic rings. The van der Waals surface area contributed by atoms with Crippen LogP contribution in [0.4, 0.5) is 0 Å². The number of allylic oxidation sites excluding steroid dienone is 9. The molecule has 0 bridgehead atoms. The molecule has 96 heavy (non-hydrogen) atoms. The van der Waals surface area contributed by atoms with Crippen molar-refractivity contribution in [2.45, 2.75) is 138 Å². The van der Waals surface area contributed by atoms with E-state index in [4.69, 9.17) is 28.4 Å². The Bertz CT molecular complexity index is 4060. The molecule has 510 valence electrons. The Morgan fingerprint density at radius 1 is 0.406 bits per heavy atom. The fourth-order valence-corrected chi connectivity index (χ4v) is 11.8. The summed E-state index contributed by atoms with van der Waals surface area (Å²) < 4.78 is 34.8. The average Bonchev–Trinajstić information content (AvgIpc) is 0.774. The monoisotopic (exact) mass is 1310 g/mol. The summed E-state index contributed by atoms with van der Waals surface area (Å²) in [6.45, 7) is 30.3. The minimum atomic E-state index is -0.818. The van der Waals surface area contributed by atoms with Gasteiger partial charge < -0.3 is 74.4 Å². The lowest BCUT2D eigenvalue weighted by Gasteiger charge is -2.30. The molecule has 6 aromatic carbocycles. The SMILES string of the molecule is C=C(C)[C@H](CC=C(C)C)Cc1c(O)cc(O)c2c1O[C@H](c1ccc(O)cc1O)CC2=O.C=C(C)[C@H](CC=C(C)C)Cc1c(O)cc(OC)c2c1O[C@H](c1ccc(O)cc1O)CC2=O.C=C(C)[C@H](CC=C(C)C)Cc1c(O)cc(OC)c2c1O[C@H](c1ccc(O)cc1OC)CC2=O. The molecule has 0 fully saturated rings. The summed E-state index contributed by atoms with van der Waals surface area (Å²) in [6.07, 6.45) is 7.60. The number of hydrogen-bond acceptors (Lipinski definition) is 18. The van der Waals surface area contributed by atoms with Crippen LogP contribution in [0.3, 0.4) is 0 Å². The van der Waals surface area contributed by atoms with Gasteiger partial charge in [0.1, 0.15) is 121 Å². The molecular formula is C78H90O18. The number of methoxy groups -OCH3 is 3. The quantitative estimate of drug-likeness (QED) is 0.0303. The molecule has 9 N–H and O–H groups in total. The van der Waals surface area contributed by atoms with E-state index in [-0.39, 0.29) is 140 Å². The van der Waals surface area contributed by atoms with Crippen LogP contribution in [0.1, 0.15) is 184 Å². The second kappa shape index (κ2) is 31.8. The highest BCUT2D eigenvalue weighted by molar-refractivity contribution is 6.05. The van der Waals surface area contributed by atoms with Crippen LogP contribution in [0, 0.1) is 17.8 Å². The normalized spacial score (nSPS) is 16.0. The number of fused-ring (bicyclic) bond motifs is 3. The number of carbonyl (C=O) groups is 3. The minimum Gasteiger partial charge on any atom is -0.508 e. The summed E-state index contributed by atoms with van der Waals surface area (Å²) in [6, 6.07) is 17.0. The molecule has 0 saturated heterocycles. The predicted molar refractivity (Wildman–Crippen MR) is 368 cm³/mol. The van der Waals surface area contributed by atoms with E-state index in [9.17, 15) is 60.3 Å². The third kappa shape index (κ3) is 17.4. The molecule has 9 rings (SSSR count). The molecule has 0 unspecified atom stereocenters. The van der Waals surface area contributed by atoms with Crippen molar-refractivity contribution in [1.29, 1.82) is 0 Å². The lowest BCUT2D eigenvalue weighted by atomic mass is 9.86. The van der Waals surface area contributed by atoms with E-state index in [1.165, 1.54) is 99.2 Å². The molecule has 6 aromatic rings. The Balaban J connectivity index is 0.000000203. The lowest BCUT2D eigenvalue weighted by molar-refractivity contribution is 0.0827. The van der Waals surface area contributed by atoms with Gasteiger partial charge in [0, 0.05) is 69.8 Å². The zero-order valence-corrected chi connectivity index (χ0v) is 56.8. The molecule has 0 aromatic heterocycles. The predicted octanol–water partition coefficient (Wildman–Crippen LogP) is 16.8. The smallest absolute Gasteiger partial charge is 0.174 e. The van der Waals surface area contributed by atoms with Crippen molar-refractivity contribution in [3.8, 4) is 86.2 Å². The number of carbonyl (C=O) groups excluding carboxylic acids is 3. The molecule has 0 spiro atoms. The number of phenolic OH excluding ortho intramolecular Hbond substituents is 9. The maximum absolute atomic E-state index is 13.3. The number of ether oxygens (including phenoxy) is 6. The highest BCUT2D eigenvalue weighted by Crippen LogP contribution is 2.52. The van der Waals surface area contributed by atoms with Crippen molar-refractivity contribution in [2.24, 2.45) is 17.8 Å². The van der Waals surface area contributed by atoms with Gasteiger partial charge in [0.25, 0.3) is 0 Å². The highest BCUT2D eigenvalue weighted by atomic mass is 16.5. The van der Waals surface area contributed by atoms with E-state index in [0.29, 0.717) is 76.1 Å². The number of ketones is 3. The van der Waals surface area contributed by atoms with E-state index < -0.39 is 18.3 Å². The molecular weight excluding hydrogens is 1220 g/mol. The van der Waals surface area contributed by atoms with E-state index in [1.807, 2.05) is 62.3 Å². The van der Waals surface area contributed by atoms with Gasteiger partial charge in [-0.3, -0.25) is 14.4 Å². The number of hydrogen-bond donors (Lipinski definition) is 9. The molecule has 0 saturated carbocycles. The first-order valence-electron chi connectivity index (χ1n) is 31.7. The molecule has 18 heteroatoms. The Labute approximate surface area is 561 Å². The zero-order valence-electron chi connectivity index (χ0n) is 56.8. The maximum Gasteiger partial charge on any atom is 0.174 e. The number of aromatic hydroxyl groups is 9. The van der Waals surface area contributed by atoms with E-state index >= 15 is 0 Å². The Morgan fingerprint density at radius 3 is 1.03 bits per heavy atom. The lowest BCUT2D eigenvalue weighted by Crippen LogP contribution is -2.23. The van der Waals surface area contributed by atoms with Crippen molar-refractivity contribution in [1.82, 2.24) is 0 Å². The highest BCUT2D eigenvalue weighted by Gasteiger charge is 2.39. The Kier molecular flexibility index (Phi) is 24.2. The molecule has 0 radical (unpaired) electrons. The standard InChI is InChI=1S/C27H32O6.C26H30O6.C25H28O6/c1-15(2)7-8-17(16(3)4)11-20-21(29)13-25(32-6)26-22(30)14-24(33-27(20)26)19-10-9-18(28)12-23(19)31-5;1-14(2)6-7-16(15(3)4)10-19-21(29)12-24(31-5)25-22(30)13-23(32-26(19)25)18-9-8-17(27)11-20(18)28;1-13(2)5-6-15(14(3)4)9-18-20(28)11-21(29)24-22(30)12-23(31-25(18)24)17-8-7-16(26)10-19(17)27/h7,9-10,12-13,17,24,28-29H,3,8,11,14H2,1-2,4-6H3;6,8-9,11-12,16,23,27-29H,3,7,10,13H2,1-2,4-5H3;5,7-8,10-11,15,23,26-29H,3,6,9,12H2,1-2,4H3/t17-,24+;16-,23+;15-,23+/m111/s1. The first-order valence-corrected chi connectivity index (χ1v) is 31.7. The van der Waals surface area contributed by atoms with Gasteiger partial charge in [-0.1, -0.05) is 71.4 Å². The van der Waals surface area contributed by atoms with E-state index in [1.54, 1.807) is 6.07 Å². The van der Waals surface area contributed by atoms with Crippen LogP contribution in [0.15, 0.2) is 144 Å². The number of benzene rings is 6. The molecule has 18 nitrogen and oxygen atoms in total. The van der Waals surface area contributed by atoms with E-state index in [0.717, 1.165) is 35.1 Å². The van der Waals surface area contributed by atoms with Crippen LogP contribution >= 0.6 is 0 Å². The first kappa shape index (κ1) is 73.2. The molecule has 6 atom stereocenters. The van der Waals surface area contributed by atoms with Crippen LogP contribution < -0.4 is 28.4 Å². The summed E-state index contributed by atoms with van der Waals surface area (Å²) in [5.74, 6) is 0.0312. The summed E-state index contributed by atoms with van der Waals surface area (Å²) in [5.41, 5.74) is 9.92. The Hall–Kier alpha value is -10.2. The Morgan fingerprint density at radius 2 is 0.708 bits per heavy atom. The summed E-state index contributed by atoms with van der Waals surface area (Å²) in [4.78, 5) is 39.3. The average molecular weight is 1320 g/mol. The van der Waals surface area contributed by atoms with Crippen molar-refractivity contribution in [3.05, 3.63) is 194 Å². The van der Waals surface area contributed by atoms with Crippen molar-refractivity contribution in [2.75, 3.05) is 21.3 Å². The van der Waals surface area contributed by atoms with Gasteiger partial charge in [0.15, 0.2) is 17.3 Å². The maximum atomic E-state index is 13.3. The molecule has 3 heterocycles. The van der Waals surface area contributed by atoms with Crippen LogP contribution in [-0.4, -0.2) is 84.6 Å². The van der Waals surface area contributed by atoms with E-state index in [2.05, 4.69) is 38.0 Å². The molecule has 0 amide bonds. The van der Waals surface area contributed by atoms with Gasteiger partial charge in [-0.15, -0.1) is 0 Å². The van der Waals surface area contributed by atoms with Crippen LogP contribution in [0.5, 0.6) is 86.2 Å². The second-order valence-corrected chi connectivity index (χ2v) is 25.6. The molecule has 3 aliphatic heterocycles. The number of phenols is 9. The zero-order chi connectivity index (χ0) is 70.7. The topological polar surface area (TPSA) is 289 Å². The molecule has 0 aliphatic carbocycles. The number of Topliss-reactive ketones (excluding diaryl/α,β-unsaturated/α-hetero) is 3. The van der Waals surface area contributed by atoms with Gasteiger partial charge >= 0.3 is 0 Å². The minimum absolute atomic E-state index is 0.00408. The van der Waals surface area contributed by atoms with Crippen molar-refractivity contribution >= 4 is 17.3 Å². The summed E-state index contributed by atoms with van der Waals surface area (Å²) >= 11 is 0. The summed E-state index contributed by atoms with van der Waals surface area (Å²) in [7, 11) is 4.39. The third-order valence-electron chi connectivity index (χ3n) is 17.3. The van der Waals surface area contributed by atoms with Crippen molar-refractivity contribution in [3.63, 3.8) is 0 Å². The summed E-state index contributed by atoms with van der Waals surface area (Å²) in [5, 5.41) is 92.2. The van der Waals surface area contributed by atoms with Crippen molar-refractivity contribution < 1.29 is 88.8 Å². The second-order valence-electron chi connectivity index (χ2n) is 25.6. The van der Waals surface area contributed by atoms with Gasteiger partial charge in [-0.2, -0.15) is 0 Å². The largest absolute Gasteiger partial charge is 0.508 e. The van der Waals surface area contributed by atoms with Gasteiger partial charge in [-0.05, 0) is 155 Å². The third-order valence-corrected chi connectivity index (χ3v) is 17.3. The number of rotatable bonds is 21. The van der Waals surface area contributed by atoms with Gasteiger partial charge in [0.2, 0.25) is 0 Å². The van der Waals surface area contributed by atoms with Crippen LogP contribution in [0.25, 0.3) is 0 Å². The first-order chi connectivity index (χ1) is 45.3.